The van der Waals surface area contributed by atoms with Crippen molar-refractivity contribution in [1.29, 1.82) is 0 Å². The minimum absolute atomic E-state index is 0.177. The molecule has 8 aromatic rings. The maximum Gasteiger partial charge on any atom is 0.144 e. The van der Waals surface area contributed by atoms with Crippen molar-refractivity contribution >= 4 is 33.2 Å². The first kappa shape index (κ1) is 28.5. The Morgan fingerprint density at radius 1 is 0.574 bits per heavy atom. The Bertz CT molecular complexity index is 2350. The zero-order chi connectivity index (χ0) is 32.0. The molecule has 0 atom stereocenters. The van der Waals surface area contributed by atoms with Gasteiger partial charge in [0.1, 0.15) is 11.6 Å². The summed E-state index contributed by atoms with van der Waals surface area (Å²) in [6, 6.07) is 49.3. The van der Waals surface area contributed by atoms with E-state index in [1.165, 1.54) is 21.9 Å². The van der Waals surface area contributed by atoms with E-state index in [-0.39, 0.29) is 5.41 Å². The molecule has 0 saturated carbocycles. The van der Waals surface area contributed by atoms with E-state index in [0.29, 0.717) is 0 Å². The van der Waals surface area contributed by atoms with Crippen molar-refractivity contribution in [3.63, 3.8) is 0 Å². The van der Waals surface area contributed by atoms with Crippen LogP contribution in [0.1, 0.15) is 25.0 Å². The molecule has 228 valence electrons. The third kappa shape index (κ3) is 4.97. The molecule has 8 rings (SSSR count). The molecule has 0 N–H and O–H groups in total. The molecule has 0 aliphatic carbocycles. The molecule has 3 heterocycles. The van der Waals surface area contributed by atoms with Crippen LogP contribution in [0.5, 0.6) is 0 Å². The Morgan fingerprint density at radius 2 is 1.30 bits per heavy atom. The van der Waals surface area contributed by atoms with Crippen molar-refractivity contribution in [2.45, 2.75) is 19.3 Å². The average molecular weight is 610 g/mol. The van der Waals surface area contributed by atoms with Crippen molar-refractivity contribution in [1.82, 2.24) is 19.1 Å². The van der Waals surface area contributed by atoms with E-state index < -0.39 is 0 Å². The van der Waals surface area contributed by atoms with Gasteiger partial charge in [0.05, 0.1) is 11.0 Å². The van der Waals surface area contributed by atoms with Crippen LogP contribution in [0, 0.1) is 0 Å². The predicted molar refractivity (Wildman–Crippen MR) is 194 cm³/mol. The van der Waals surface area contributed by atoms with Gasteiger partial charge in [0.25, 0.3) is 0 Å². The van der Waals surface area contributed by atoms with Crippen molar-refractivity contribution in [2.75, 3.05) is 11.9 Å². The highest BCUT2D eigenvalue weighted by Gasteiger charge is 2.24. The predicted octanol–water partition coefficient (Wildman–Crippen LogP) is 10.1. The topological polar surface area (TPSA) is 38.9 Å². The Morgan fingerprint density at radius 3 is 2.13 bits per heavy atom. The summed E-state index contributed by atoms with van der Waals surface area (Å²) < 4.78 is 4.43. The minimum Gasteiger partial charge on any atom is -0.345 e. The van der Waals surface area contributed by atoms with E-state index in [0.717, 1.165) is 45.3 Å². The van der Waals surface area contributed by atoms with Crippen molar-refractivity contribution in [2.24, 2.45) is 0 Å². The Labute approximate surface area is 275 Å². The first-order valence-electron chi connectivity index (χ1n) is 16.0. The fourth-order valence-corrected chi connectivity index (χ4v) is 6.68. The third-order valence-electron chi connectivity index (χ3n) is 9.40. The second kappa shape index (κ2) is 11.5. The van der Waals surface area contributed by atoms with Gasteiger partial charge < -0.3 is 4.90 Å². The Kier molecular flexibility index (Phi) is 6.95. The van der Waals surface area contributed by atoms with Gasteiger partial charge in [0.2, 0.25) is 0 Å². The monoisotopic (exact) mass is 609 g/mol. The smallest absolute Gasteiger partial charge is 0.144 e. The minimum atomic E-state index is -0.177. The molecule has 0 radical (unpaired) electrons. The molecule has 0 unspecified atom stereocenters. The molecule has 5 nitrogen and oxygen atoms in total. The van der Waals surface area contributed by atoms with E-state index in [1.807, 2.05) is 24.7 Å². The van der Waals surface area contributed by atoms with Crippen LogP contribution in [0.3, 0.4) is 0 Å². The van der Waals surface area contributed by atoms with Crippen LogP contribution in [-0.4, -0.2) is 26.1 Å². The van der Waals surface area contributed by atoms with E-state index in [4.69, 9.17) is 9.97 Å². The molecule has 5 heteroatoms. The summed E-state index contributed by atoms with van der Waals surface area (Å²) in [7, 11) is 2.12. The molecular formula is C42H35N5. The summed E-state index contributed by atoms with van der Waals surface area (Å²) in [4.78, 5) is 11.9. The first-order valence-corrected chi connectivity index (χ1v) is 16.0. The lowest BCUT2D eigenvalue weighted by molar-refractivity contribution is 0.639. The maximum atomic E-state index is 4.94. The number of para-hydroxylation sites is 2. The normalized spacial score (nSPS) is 11.7. The summed E-state index contributed by atoms with van der Waals surface area (Å²) in [5.74, 6) is 1.82. The summed E-state index contributed by atoms with van der Waals surface area (Å²) >= 11 is 0. The largest absolute Gasteiger partial charge is 0.345 e. The highest BCUT2D eigenvalue weighted by atomic mass is 15.1. The van der Waals surface area contributed by atoms with E-state index >= 15 is 0 Å². The first-order chi connectivity index (χ1) is 23.0. The molecule has 0 amide bonds. The number of fused-ring (bicyclic) bond motifs is 3. The zero-order valence-electron chi connectivity index (χ0n) is 26.7. The molecule has 0 aliphatic heterocycles. The number of imidazole rings is 1. The quantitative estimate of drug-likeness (QED) is 0.180. The van der Waals surface area contributed by atoms with Gasteiger partial charge in [-0.2, -0.15) is 0 Å². The molecule has 0 saturated heterocycles. The number of pyridine rings is 1. The Hall–Kier alpha value is -5.94. The van der Waals surface area contributed by atoms with Gasteiger partial charge >= 0.3 is 0 Å². The highest BCUT2D eigenvalue weighted by Crippen LogP contribution is 2.38. The molecule has 5 aromatic carbocycles. The summed E-state index contributed by atoms with van der Waals surface area (Å²) in [6.07, 6.45) is 5.81. The molecule has 0 fully saturated rings. The molecule has 0 aliphatic rings. The fourth-order valence-electron chi connectivity index (χ4n) is 6.68. The average Bonchev–Trinajstić information content (AvgIpc) is 3.75. The van der Waals surface area contributed by atoms with E-state index in [1.54, 1.807) is 0 Å². The van der Waals surface area contributed by atoms with Crippen LogP contribution in [0.4, 0.5) is 11.4 Å². The van der Waals surface area contributed by atoms with Gasteiger partial charge in [-0.15, -0.1) is 0 Å². The lowest BCUT2D eigenvalue weighted by Crippen LogP contribution is -2.19. The van der Waals surface area contributed by atoms with E-state index in [9.17, 15) is 0 Å². The summed E-state index contributed by atoms with van der Waals surface area (Å²) in [5.41, 5.74) is 8.89. The maximum absolute atomic E-state index is 4.94. The number of anilines is 2. The van der Waals surface area contributed by atoms with E-state index in [2.05, 4.69) is 168 Å². The number of rotatable bonds is 7. The van der Waals surface area contributed by atoms with Gasteiger partial charge in [-0.1, -0.05) is 98.8 Å². The summed E-state index contributed by atoms with van der Waals surface area (Å²) in [6.45, 7) is 4.56. The van der Waals surface area contributed by atoms with Crippen LogP contribution >= 0.6 is 0 Å². The van der Waals surface area contributed by atoms with Gasteiger partial charge in [0.15, 0.2) is 0 Å². The van der Waals surface area contributed by atoms with Crippen LogP contribution in [0.25, 0.3) is 44.7 Å². The van der Waals surface area contributed by atoms with Crippen LogP contribution in [0.15, 0.2) is 158 Å². The van der Waals surface area contributed by atoms with Crippen LogP contribution in [-0.2, 0) is 5.41 Å². The SMILES string of the molecule is CN(c1cccc(-c2nccn2-c2ccccc2)c1)c1ccc2c3ccccc3n(-c3cc(C(C)(C)c4ccccc4)ccn3)c2c1. The fraction of sp³-hybridized carbons (Fsp3) is 0.0952. The standard InChI is InChI=1S/C42H35N5/c1-42(2,31-14-6-4-7-15-31)32-23-24-43-40(28-32)47-38-20-11-10-19-36(38)37-22-21-35(29-39(37)47)45(3)34-18-12-13-30(27-34)41-44-25-26-46(41)33-16-8-5-9-17-33/h4-29H,1-3H3. The highest BCUT2D eigenvalue weighted by molar-refractivity contribution is 6.10. The Balaban J connectivity index is 1.22. The van der Waals surface area contributed by atoms with Gasteiger partial charge in [-0.05, 0) is 65.7 Å². The lowest BCUT2D eigenvalue weighted by Gasteiger charge is -2.26. The summed E-state index contributed by atoms with van der Waals surface area (Å²) in [5, 5.41) is 2.41. The number of hydrogen-bond acceptors (Lipinski definition) is 3. The molecule has 47 heavy (non-hydrogen) atoms. The van der Waals surface area contributed by atoms with Crippen LogP contribution < -0.4 is 4.90 Å². The molecule has 0 bridgehead atoms. The van der Waals surface area contributed by atoms with Crippen molar-refractivity contribution in [3.8, 4) is 22.9 Å². The van der Waals surface area contributed by atoms with Gasteiger partial charge in [0, 0.05) is 64.5 Å². The third-order valence-corrected chi connectivity index (χ3v) is 9.40. The lowest BCUT2D eigenvalue weighted by atomic mass is 9.78. The second-order valence-electron chi connectivity index (χ2n) is 12.5. The number of benzene rings is 5. The van der Waals surface area contributed by atoms with Crippen molar-refractivity contribution < 1.29 is 0 Å². The second-order valence-corrected chi connectivity index (χ2v) is 12.5. The molecule has 0 spiro atoms. The number of nitrogens with zero attached hydrogens (tertiary/aromatic N) is 5. The molecule has 3 aromatic heterocycles. The number of aromatic nitrogens is 4. The van der Waals surface area contributed by atoms with Crippen molar-refractivity contribution in [3.05, 3.63) is 169 Å². The number of hydrogen-bond donors (Lipinski definition) is 0. The van der Waals surface area contributed by atoms with Gasteiger partial charge in [-0.25, -0.2) is 9.97 Å². The van der Waals surface area contributed by atoms with Crippen LogP contribution in [0.2, 0.25) is 0 Å². The van der Waals surface area contributed by atoms with Gasteiger partial charge in [-0.3, -0.25) is 9.13 Å². The molecular weight excluding hydrogens is 574 g/mol. The zero-order valence-corrected chi connectivity index (χ0v) is 26.7.